The molecule has 4 aromatic rings. The number of halogens is 1. The largest absolute Gasteiger partial charge is 0.366 e. The van der Waals surface area contributed by atoms with Crippen LogP contribution in [0.4, 0.5) is 11.4 Å². The Morgan fingerprint density at radius 3 is 2.17 bits per heavy atom. The van der Waals surface area contributed by atoms with Gasteiger partial charge in [0.1, 0.15) is 5.70 Å². The van der Waals surface area contributed by atoms with Crippen molar-refractivity contribution in [3.63, 3.8) is 0 Å². The van der Waals surface area contributed by atoms with Gasteiger partial charge in [-0.05, 0) is 79.2 Å². The van der Waals surface area contributed by atoms with E-state index in [-0.39, 0.29) is 11.6 Å². The summed E-state index contributed by atoms with van der Waals surface area (Å²) in [6.45, 7) is 1.76. The monoisotopic (exact) mass is 598 g/mol. The number of carbonyl (C=O) groups excluding carboxylic acids is 4. The van der Waals surface area contributed by atoms with E-state index in [0.29, 0.717) is 33.1 Å². The van der Waals surface area contributed by atoms with Gasteiger partial charge in [0, 0.05) is 32.4 Å². The predicted octanol–water partition coefficient (Wildman–Crippen LogP) is 5.97. The third kappa shape index (κ3) is 8.33. The Morgan fingerprint density at radius 2 is 1.48 bits per heavy atom. The molecule has 0 spiro atoms. The van der Waals surface area contributed by atoms with E-state index in [4.69, 9.17) is 17.3 Å². The number of nitrogens with two attached hydrogens (primary N) is 1. The zero-order chi connectivity index (χ0) is 30.1. The summed E-state index contributed by atoms with van der Waals surface area (Å²) < 4.78 is 0. The lowest BCUT2D eigenvalue weighted by molar-refractivity contribution is -0.115. The van der Waals surface area contributed by atoms with Gasteiger partial charge in [-0.3, -0.25) is 19.2 Å². The van der Waals surface area contributed by atoms with Gasteiger partial charge in [-0.25, -0.2) is 0 Å². The second-order valence-corrected chi connectivity index (χ2v) is 10.9. The molecular weight excluding hydrogens is 572 g/mol. The van der Waals surface area contributed by atoms with Crippen molar-refractivity contribution in [2.45, 2.75) is 17.1 Å². The Morgan fingerprint density at radius 1 is 0.786 bits per heavy atom. The van der Waals surface area contributed by atoms with E-state index in [1.807, 2.05) is 6.07 Å². The smallest absolute Gasteiger partial charge is 0.272 e. The summed E-state index contributed by atoms with van der Waals surface area (Å²) in [7, 11) is 0. The first-order chi connectivity index (χ1) is 20.2. The molecule has 8 nitrogen and oxygen atoms in total. The second kappa shape index (κ2) is 14.2. The van der Waals surface area contributed by atoms with Gasteiger partial charge in [-0.15, -0.1) is 11.8 Å². The summed E-state index contributed by atoms with van der Waals surface area (Å²) in [5, 5.41) is 8.26. The number of carbonyl (C=O) groups is 4. The highest BCUT2D eigenvalue weighted by Gasteiger charge is 2.18. The highest BCUT2D eigenvalue weighted by molar-refractivity contribution is 8.00. The van der Waals surface area contributed by atoms with E-state index in [1.165, 1.54) is 17.8 Å². The van der Waals surface area contributed by atoms with Crippen LogP contribution in [-0.2, 0) is 9.59 Å². The molecule has 212 valence electrons. The van der Waals surface area contributed by atoms with Crippen LogP contribution in [0.1, 0.15) is 33.2 Å². The van der Waals surface area contributed by atoms with E-state index in [9.17, 15) is 19.2 Å². The fourth-order valence-corrected chi connectivity index (χ4v) is 4.87. The van der Waals surface area contributed by atoms with E-state index >= 15 is 0 Å². The van der Waals surface area contributed by atoms with Gasteiger partial charge in [-0.1, -0.05) is 54.1 Å². The molecule has 0 heterocycles. The lowest BCUT2D eigenvalue weighted by Gasteiger charge is -2.14. The summed E-state index contributed by atoms with van der Waals surface area (Å²) in [6.07, 6.45) is 1.51. The molecule has 4 amide bonds. The first kappa shape index (κ1) is 30.1. The van der Waals surface area contributed by atoms with Crippen LogP contribution in [0.5, 0.6) is 0 Å². The lowest BCUT2D eigenvalue weighted by atomic mass is 10.1. The third-order valence-electron chi connectivity index (χ3n) is 5.94. The van der Waals surface area contributed by atoms with Crippen molar-refractivity contribution in [1.82, 2.24) is 5.32 Å². The number of anilines is 2. The molecule has 42 heavy (non-hydrogen) atoms. The number of hydrogen-bond donors (Lipinski definition) is 4. The molecule has 0 aliphatic heterocycles. The lowest BCUT2D eigenvalue weighted by Crippen LogP contribution is -2.30. The van der Waals surface area contributed by atoms with Gasteiger partial charge in [0.25, 0.3) is 11.8 Å². The second-order valence-electron chi connectivity index (χ2n) is 9.07. The Kier molecular flexibility index (Phi) is 10.1. The van der Waals surface area contributed by atoms with Crippen molar-refractivity contribution in [3.8, 4) is 0 Å². The molecule has 0 fully saturated rings. The van der Waals surface area contributed by atoms with Gasteiger partial charge >= 0.3 is 0 Å². The van der Waals surface area contributed by atoms with Crippen molar-refractivity contribution in [1.29, 1.82) is 0 Å². The Balaban J connectivity index is 1.46. The maximum absolute atomic E-state index is 13.4. The number of primary amides is 1. The number of amides is 4. The Hall–Kier alpha value is -4.86. The SMILES string of the molecule is CC(Sc1cccc(NC(=O)/C(=C\c2ccccc2Cl)NC(=O)c2ccccc2)c1)C(=O)Nc1ccc(C(N)=O)cc1. The van der Waals surface area contributed by atoms with Crippen LogP contribution in [0.25, 0.3) is 6.08 Å². The Bertz CT molecular complexity index is 1640. The topological polar surface area (TPSA) is 130 Å². The minimum absolute atomic E-state index is 0.00473. The van der Waals surface area contributed by atoms with E-state index < -0.39 is 23.0 Å². The molecule has 0 saturated heterocycles. The van der Waals surface area contributed by atoms with Crippen LogP contribution in [-0.4, -0.2) is 28.9 Å². The molecule has 0 aromatic heterocycles. The molecule has 0 aliphatic rings. The molecule has 1 atom stereocenters. The molecular formula is C32H27ClN4O4S. The zero-order valence-electron chi connectivity index (χ0n) is 22.5. The Labute approximate surface area is 252 Å². The van der Waals surface area contributed by atoms with Crippen LogP contribution in [0.3, 0.4) is 0 Å². The molecule has 0 radical (unpaired) electrons. The highest BCUT2D eigenvalue weighted by Crippen LogP contribution is 2.27. The molecule has 4 aromatic carbocycles. The van der Waals surface area contributed by atoms with Crippen molar-refractivity contribution < 1.29 is 19.2 Å². The maximum Gasteiger partial charge on any atom is 0.272 e. The van der Waals surface area contributed by atoms with Crippen LogP contribution in [0, 0.1) is 0 Å². The van der Waals surface area contributed by atoms with E-state index in [1.54, 1.807) is 104 Å². The number of hydrogen-bond acceptors (Lipinski definition) is 5. The number of rotatable bonds is 10. The van der Waals surface area contributed by atoms with Crippen molar-refractivity contribution in [2.75, 3.05) is 10.6 Å². The van der Waals surface area contributed by atoms with E-state index in [0.717, 1.165) is 4.90 Å². The molecule has 1 unspecified atom stereocenters. The van der Waals surface area contributed by atoms with Gasteiger partial charge in [-0.2, -0.15) is 0 Å². The van der Waals surface area contributed by atoms with Crippen LogP contribution in [0.15, 0.2) is 114 Å². The summed E-state index contributed by atoms with van der Waals surface area (Å²) in [4.78, 5) is 51.0. The first-order valence-electron chi connectivity index (χ1n) is 12.8. The number of thioether (sulfide) groups is 1. The predicted molar refractivity (Wildman–Crippen MR) is 167 cm³/mol. The summed E-state index contributed by atoms with van der Waals surface area (Å²) in [6, 6.07) is 28.8. The standard InChI is InChI=1S/C32H27ClN4O4S/c1-20(30(39)35-24-16-14-21(15-17-24)29(34)38)42-26-12-7-11-25(19-26)36-32(41)28(18-23-10-5-6-13-27(23)33)37-31(40)22-8-3-2-4-9-22/h2-20H,1H3,(H2,34,38)(H,35,39)(H,36,41)(H,37,40)/b28-18+. The normalized spacial score (nSPS) is 11.7. The highest BCUT2D eigenvalue weighted by atomic mass is 35.5. The van der Waals surface area contributed by atoms with Crippen molar-refractivity contribution in [3.05, 3.63) is 131 Å². The maximum atomic E-state index is 13.4. The van der Waals surface area contributed by atoms with Gasteiger partial charge in [0.05, 0.1) is 5.25 Å². The first-order valence-corrected chi connectivity index (χ1v) is 14.1. The third-order valence-corrected chi connectivity index (χ3v) is 7.38. The molecule has 10 heteroatoms. The number of nitrogens with one attached hydrogen (secondary N) is 3. The minimum Gasteiger partial charge on any atom is -0.366 e. The quantitative estimate of drug-likeness (QED) is 0.132. The molecule has 0 aliphatic carbocycles. The van der Waals surface area contributed by atoms with Crippen molar-refractivity contribution >= 4 is 64.4 Å². The summed E-state index contributed by atoms with van der Waals surface area (Å²) in [5.74, 6) is -1.78. The average molecular weight is 599 g/mol. The summed E-state index contributed by atoms with van der Waals surface area (Å²) >= 11 is 7.61. The van der Waals surface area contributed by atoms with Crippen LogP contribution in [0.2, 0.25) is 5.02 Å². The van der Waals surface area contributed by atoms with Gasteiger partial charge < -0.3 is 21.7 Å². The van der Waals surface area contributed by atoms with Crippen LogP contribution < -0.4 is 21.7 Å². The van der Waals surface area contributed by atoms with E-state index in [2.05, 4.69) is 16.0 Å². The van der Waals surface area contributed by atoms with Gasteiger partial charge in [0.2, 0.25) is 11.8 Å². The van der Waals surface area contributed by atoms with Crippen molar-refractivity contribution in [2.24, 2.45) is 5.73 Å². The molecule has 5 N–H and O–H groups in total. The molecule has 4 rings (SSSR count). The molecule has 0 saturated carbocycles. The van der Waals surface area contributed by atoms with Crippen LogP contribution >= 0.6 is 23.4 Å². The van der Waals surface area contributed by atoms with Gasteiger partial charge in [0.15, 0.2) is 0 Å². The number of benzene rings is 4. The zero-order valence-corrected chi connectivity index (χ0v) is 24.0. The molecule has 0 bridgehead atoms. The fraction of sp³-hybridized carbons (Fsp3) is 0.0625. The summed E-state index contributed by atoms with van der Waals surface area (Å²) in [5.41, 5.74) is 7.57. The average Bonchev–Trinajstić information content (AvgIpc) is 2.98. The minimum atomic E-state index is -0.549. The fourth-order valence-electron chi connectivity index (χ4n) is 3.76.